The highest BCUT2D eigenvalue weighted by Crippen LogP contribution is 2.33. The number of aryl methyl sites for hydroxylation is 1. The Labute approximate surface area is 146 Å². The number of hydrogen-bond acceptors (Lipinski definition) is 3. The summed E-state index contributed by atoms with van der Waals surface area (Å²) in [6.45, 7) is 3.72. The predicted octanol–water partition coefficient (Wildman–Crippen LogP) is 4.63. The molecule has 4 heteroatoms. The molecule has 118 valence electrons. The molecule has 2 heterocycles. The SMILES string of the molecule is Cc1ccc2c(Cl)c3c(nc2c1)CCN(c1ccc(C#N)cc1)C3. The van der Waals surface area contributed by atoms with Crippen molar-refractivity contribution < 1.29 is 0 Å². The van der Waals surface area contributed by atoms with Crippen molar-refractivity contribution in [2.45, 2.75) is 19.9 Å². The average Bonchev–Trinajstić information content (AvgIpc) is 2.61. The van der Waals surface area contributed by atoms with Gasteiger partial charge in [0.2, 0.25) is 0 Å². The second-order valence-electron chi connectivity index (χ2n) is 6.20. The van der Waals surface area contributed by atoms with Crippen molar-refractivity contribution >= 4 is 28.2 Å². The molecular weight excluding hydrogens is 318 g/mol. The molecule has 1 aliphatic rings. The van der Waals surface area contributed by atoms with Crippen molar-refractivity contribution in [1.29, 1.82) is 5.26 Å². The first kappa shape index (κ1) is 15.0. The Morgan fingerprint density at radius 1 is 1.17 bits per heavy atom. The van der Waals surface area contributed by atoms with Crippen LogP contribution in [-0.4, -0.2) is 11.5 Å². The minimum atomic E-state index is 0.678. The molecule has 1 aliphatic heterocycles. The fourth-order valence-electron chi connectivity index (χ4n) is 3.27. The Kier molecular flexibility index (Phi) is 3.63. The molecule has 24 heavy (non-hydrogen) atoms. The largest absolute Gasteiger partial charge is 0.367 e. The van der Waals surface area contributed by atoms with Gasteiger partial charge in [-0.15, -0.1) is 0 Å². The highest BCUT2D eigenvalue weighted by Gasteiger charge is 2.22. The highest BCUT2D eigenvalue weighted by atomic mass is 35.5. The van der Waals surface area contributed by atoms with Crippen molar-refractivity contribution in [3.05, 3.63) is 69.9 Å². The minimum Gasteiger partial charge on any atom is -0.367 e. The Morgan fingerprint density at radius 2 is 1.96 bits per heavy atom. The summed E-state index contributed by atoms with van der Waals surface area (Å²) < 4.78 is 0. The molecule has 1 aromatic heterocycles. The van der Waals surface area contributed by atoms with E-state index in [4.69, 9.17) is 21.8 Å². The normalized spacial score (nSPS) is 13.6. The van der Waals surface area contributed by atoms with Crippen LogP contribution in [0.2, 0.25) is 5.02 Å². The summed E-state index contributed by atoms with van der Waals surface area (Å²) in [5, 5.41) is 10.8. The molecule has 0 atom stereocenters. The van der Waals surface area contributed by atoms with Crippen molar-refractivity contribution in [1.82, 2.24) is 4.98 Å². The average molecular weight is 334 g/mol. The maximum Gasteiger partial charge on any atom is 0.0991 e. The molecule has 3 aromatic rings. The summed E-state index contributed by atoms with van der Waals surface area (Å²) in [7, 11) is 0. The molecule has 3 nitrogen and oxygen atoms in total. The van der Waals surface area contributed by atoms with E-state index in [2.05, 4.69) is 36.1 Å². The molecule has 0 aliphatic carbocycles. The number of nitrogens with zero attached hydrogens (tertiary/aromatic N) is 3. The summed E-state index contributed by atoms with van der Waals surface area (Å²) in [6, 6.07) is 16.1. The van der Waals surface area contributed by atoms with Gasteiger partial charge >= 0.3 is 0 Å². The van der Waals surface area contributed by atoms with Crippen molar-refractivity contribution in [3.8, 4) is 6.07 Å². The van der Waals surface area contributed by atoms with E-state index in [0.29, 0.717) is 5.56 Å². The lowest BCUT2D eigenvalue weighted by Crippen LogP contribution is -2.31. The number of fused-ring (bicyclic) bond motifs is 2. The van der Waals surface area contributed by atoms with Crippen LogP contribution in [0.1, 0.15) is 22.4 Å². The molecule has 0 amide bonds. The Bertz CT molecular complexity index is 971. The Hall–Kier alpha value is -2.57. The number of halogens is 1. The summed E-state index contributed by atoms with van der Waals surface area (Å²) in [4.78, 5) is 7.13. The van der Waals surface area contributed by atoms with E-state index in [1.807, 2.05) is 24.3 Å². The quantitative estimate of drug-likeness (QED) is 0.651. The zero-order chi connectivity index (χ0) is 16.7. The van der Waals surface area contributed by atoms with Gasteiger partial charge in [0.05, 0.1) is 22.2 Å². The molecule has 0 N–H and O–H groups in total. The zero-order valence-corrected chi connectivity index (χ0v) is 14.1. The van der Waals surface area contributed by atoms with E-state index in [-0.39, 0.29) is 0 Å². The number of benzene rings is 2. The van der Waals surface area contributed by atoms with Gasteiger partial charge in [-0.1, -0.05) is 23.7 Å². The number of aromatic nitrogens is 1. The third-order valence-electron chi connectivity index (χ3n) is 4.59. The van der Waals surface area contributed by atoms with Gasteiger partial charge < -0.3 is 4.90 Å². The van der Waals surface area contributed by atoms with Crippen LogP contribution in [0, 0.1) is 18.3 Å². The number of rotatable bonds is 1. The minimum absolute atomic E-state index is 0.678. The molecular formula is C20H16ClN3. The molecule has 0 unspecified atom stereocenters. The van der Waals surface area contributed by atoms with Crippen LogP contribution in [0.5, 0.6) is 0 Å². The van der Waals surface area contributed by atoms with Crippen LogP contribution < -0.4 is 4.90 Å². The van der Waals surface area contributed by atoms with Crippen molar-refractivity contribution in [2.24, 2.45) is 0 Å². The second kappa shape index (κ2) is 5.81. The lowest BCUT2D eigenvalue weighted by Gasteiger charge is -2.31. The maximum absolute atomic E-state index is 8.94. The number of anilines is 1. The standard InChI is InChI=1S/C20H16ClN3/c1-13-2-7-16-19(10-13)23-18-8-9-24(12-17(18)20(16)21)15-5-3-14(11-22)4-6-15/h2-7,10H,8-9,12H2,1H3. The van der Waals surface area contributed by atoms with E-state index in [0.717, 1.165) is 52.4 Å². The topological polar surface area (TPSA) is 39.9 Å². The zero-order valence-electron chi connectivity index (χ0n) is 13.4. The summed E-state index contributed by atoms with van der Waals surface area (Å²) in [5.74, 6) is 0. The fraction of sp³-hybridized carbons (Fsp3) is 0.200. The van der Waals surface area contributed by atoms with Gasteiger partial charge in [-0.05, 0) is 42.8 Å². The van der Waals surface area contributed by atoms with Crippen LogP contribution >= 0.6 is 11.6 Å². The van der Waals surface area contributed by atoms with Crippen LogP contribution in [0.25, 0.3) is 10.9 Å². The van der Waals surface area contributed by atoms with Gasteiger partial charge in [0.25, 0.3) is 0 Å². The Balaban J connectivity index is 1.74. The molecule has 0 saturated carbocycles. The predicted molar refractivity (Wildman–Crippen MR) is 97.4 cm³/mol. The van der Waals surface area contributed by atoms with Crippen molar-refractivity contribution in [2.75, 3.05) is 11.4 Å². The van der Waals surface area contributed by atoms with Gasteiger partial charge in [-0.25, -0.2) is 0 Å². The summed E-state index contributed by atoms with van der Waals surface area (Å²) >= 11 is 6.70. The van der Waals surface area contributed by atoms with E-state index in [1.165, 1.54) is 5.56 Å². The van der Waals surface area contributed by atoms with E-state index in [1.54, 1.807) is 0 Å². The molecule has 0 bridgehead atoms. The highest BCUT2D eigenvalue weighted by molar-refractivity contribution is 6.36. The van der Waals surface area contributed by atoms with E-state index >= 15 is 0 Å². The van der Waals surface area contributed by atoms with E-state index in [9.17, 15) is 0 Å². The molecule has 0 radical (unpaired) electrons. The van der Waals surface area contributed by atoms with Gasteiger partial charge in [-0.2, -0.15) is 5.26 Å². The maximum atomic E-state index is 8.94. The van der Waals surface area contributed by atoms with Crippen LogP contribution in [0.15, 0.2) is 42.5 Å². The fourth-order valence-corrected chi connectivity index (χ4v) is 3.60. The van der Waals surface area contributed by atoms with Gasteiger partial charge in [0, 0.05) is 41.8 Å². The van der Waals surface area contributed by atoms with Crippen LogP contribution in [0.3, 0.4) is 0 Å². The third-order valence-corrected chi connectivity index (χ3v) is 5.02. The lowest BCUT2D eigenvalue weighted by molar-refractivity contribution is 0.716. The molecule has 0 saturated heterocycles. The first-order chi connectivity index (χ1) is 11.7. The molecule has 2 aromatic carbocycles. The molecule has 0 fully saturated rings. The van der Waals surface area contributed by atoms with Crippen LogP contribution in [-0.2, 0) is 13.0 Å². The number of nitriles is 1. The summed E-state index contributed by atoms with van der Waals surface area (Å²) in [5.41, 5.74) is 6.18. The second-order valence-corrected chi connectivity index (χ2v) is 6.58. The first-order valence-electron chi connectivity index (χ1n) is 7.98. The Morgan fingerprint density at radius 3 is 2.71 bits per heavy atom. The third kappa shape index (κ3) is 2.50. The first-order valence-corrected chi connectivity index (χ1v) is 8.36. The monoisotopic (exact) mass is 333 g/mol. The van der Waals surface area contributed by atoms with Gasteiger partial charge in [-0.3, -0.25) is 4.98 Å². The lowest BCUT2D eigenvalue weighted by atomic mass is 10.0. The number of pyridine rings is 1. The smallest absolute Gasteiger partial charge is 0.0991 e. The summed E-state index contributed by atoms with van der Waals surface area (Å²) in [6.07, 6.45) is 0.874. The molecule has 4 rings (SSSR count). The molecule has 0 spiro atoms. The van der Waals surface area contributed by atoms with Crippen molar-refractivity contribution in [3.63, 3.8) is 0 Å². The van der Waals surface area contributed by atoms with Crippen LogP contribution in [0.4, 0.5) is 5.69 Å². The van der Waals surface area contributed by atoms with E-state index < -0.39 is 0 Å². The van der Waals surface area contributed by atoms with Gasteiger partial charge in [0.1, 0.15) is 0 Å². The van der Waals surface area contributed by atoms with Gasteiger partial charge in [0.15, 0.2) is 0 Å². The number of hydrogen-bond donors (Lipinski definition) is 0.